The summed E-state index contributed by atoms with van der Waals surface area (Å²) < 4.78 is 6.49. The van der Waals surface area contributed by atoms with Gasteiger partial charge in [0, 0.05) is 32.7 Å². The quantitative estimate of drug-likeness (QED) is 0.448. The predicted molar refractivity (Wildman–Crippen MR) is 136 cm³/mol. The highest BCUT2D eigenvalue weighted by Crippen LogP contribution is 2.58. The van der Waals surface area contributed by atoms with Crippen LogP contribution >= 0.6 is 0 Å². The molecule has 8 heteroatoms. The van der Waals surface area contributed by atoms with Gasteiger partial charge < -0.3 is 24.5 Å². The molecule has 3 saturated heterocycles. The molecule has 3 aliphatic rings. The topological polar surface area (TPSA) is 90.4 Å². The van der Waals surface area contributed by atoms with Gasteiger partial charge in [-0.05, 0) is 24.8 Å². The normalized spacial score (nSPS) is 28.2. The molecule has 1 N–H and O–H groups in total. The summed E-state index contributed by atoms with van der Waals surface area (Å²) in [6.45, 7) is 11.0. The second-order valence-corrected chi connectivity index (χ2v) is 9.88. The van der Waals surface area contributed by atoms with E-state index in [9.17, 15) is 19.5 Å². The fourth-order valence-corrected chi connectivity index (χ4v) is 6.36. The fraction of sp³-hybridized carbons (Fsp3) is 0.536. The van der Waals surface area contributed by atoms with Gasteiger partial charge in [0.2, 0.25) is 17.7 Å². The Bertz CT molecular complexity index is 998. The maximum Gasteiger partial charge on any atom is 0.248 e. The summed E-state index contributed by atoms with van der Waals surface area (Å²) in [5.41, 5.74) is -0.111. The molecule has 4 rings (SSSR count). The van der Waals surface area contributed by atoms with Crippen molar-refractivity contribution in [3.63, 3.8) is 0 Å². The summed E-state index contributed by atoms with van der Waals surface area (Å²) in [5, 5.41) is 9.79. The highest BCUT2D eigenvalue weighted by Gasteiger charge is 2.74. The zero-order valence-electron chi connectivity index (χ0n) is 21.1. The van der Waals surface area contributed by atoms with Crippen molar-refractivity contribution in [2.45, 2.75) is 50.5 Å². The molecule has 1 aromatic rings. The van der Waals surface area contributed by atoms with Gasteiger partial charge in [0.15, 0.2) is 0 Å². The molecule has 2 bridgehead atoms. The number of rotatable bonds is 12. The number of benzene rings is 1. The van der Waals surface area contributed by atoms with E-state index in [4.69, 9.17) is 4.74 Å². The first-order valence-corrected chi connectivity index (χ1v) is 12.9. The summed E-state index contributed by atoms with van der Waals surface area (Å²) in [7, 11) is 0. The predicted octanol–water partition coefficient (Wildman–Crippen LogP) is 1.99. The lowest BCUT2D eigenvalue weighted by atomic mass is 9.70. The van der Waals surface area contributed by atoms with Crippen LogP contribution in [0.25, 0.3) is 0 Å². The van der Waals surface area contributed by atoms with Gasteiger partial charge in [-0.15, -0.1) is 13.2 Å². The molecule has 3 fully saturated rings. The number of β-amino-alcohol motifs (C(OH)–C–C–N with tert-alkyl or cyclic N) is 1. The van der Waals surface area contributed by atoms with Crippen LogP contribution in [0.5, 0.6) is 0 Å². The number of aliphatic hydroxyl groups excluding tert-OH is 1. The molecule has 0 aliphatic carbocycles. The standard InChI is InChI=1S/C28H37N3O5/c1-4-14-29(15-5-2)25(33)22-21-12-13-28(36-21)23(22)26(34)31(17-18-32)24(28)27(35)30(16-6-3)19-20-10-8-7-9-11-20/h4,6-11,21-24,32H,1,3,5,12-19H2,2H3/t21-,22+,23+,24?,28?/m1/s1. The first-order valence-electron chi connectivity index (χ1n) is 12.9. The van der Waals surface area contributed by atoms with Crippen LogP contribution in [-0.2, 0) is 25.7 Å². The average molecular weight is 496 g/mol. The molecule has 0 aromatic heterocycles. The molecule has 3 aliphatic heterocycles. The first-order chi connectivity index (χ1) is 17.4. The highest BCUT2D eigenvalue weighted by molar-refractivity contribution is 5.99. The number of ether oxygens (including phenoxy) is 1. The van der Waals surface area contributed by atoms with Crippen molar-refractivity contribution in [1.29, 1.82) is 0 Å². The second kappa shape index (κ2) is 11.0. The van der Waals surface area contributed by atoms with E-state index in [1.807, 2.05) is 37.3 Å². The molecule has 8 nitrogen and oxygen atoms in total. The number of carbonyl (C=O) groups excluding carboxylic acids is 3. The largest absolute Gasteiger partial charge is 0.395 e. The SMILES string of the molecule is C=CCN(Cc1ccccc1)C(=O)C1N(CCO)C(=O)[C@@H]2[C@@H](C(=O)N(CC=C)CCC)[C@H]3CCC12O3. The van der Waals surface area contributed by atoms with Gasteiger partial charge in [-0.1, -0.05) is 49.4 Å². The van der Waals surface area contributed by atoms with E-state index < -0.39 is 29.6 Å². The molecule has 0 saturated carbocycles. The van der Waals surface area contributed by atoms with Crippen LogP contribution < -0.4 is 0 Å². The number of fused-ring (bicyclic) bond motifs is 1. The molecule has 194 valence electrons. The smallest absolute Gasteiger partial charge is 0.248 e. The van der Waals surface area contributed by atoms with Crippen LogP contribution in [0.4, 0.5) is 0 Å². The third-order valence-electron chi connectivity index (χ3n) is 7.69. The maximum absolute atomic E-state index is 14.1. The lowest BCUT2D eigenvalue weighted by molar-refractivity contribution is -0.149. The number of likely N-dealkylation sites (tertiary alicyclic amines) is 1. The number of aliphatic hydroxyl groups is 1. The fourth-order valence-electron chi connectivity index (χ4n) is 6.36. The third kappa shape index (κ3) is 4.37. The Morgan fingerprint density at radius 3 is 2.50 bits per heavy atom. The molecule has 3 heterocycles. The minimum Gasteiger partial charge on any atom is -0.395 e. The average Bonchev–Trinajstić information content (AvgIpc) is 3.51. The van der Waals surface area contributed by atoms with Gasteiger partial charge in [-0.3, -0.25) is 14.4 Å². The molecule has 1 aromatic carbocycles. The lowest BCUT2D eigenvalue weighted by Gasteiger charge is -2.37. The van der Waals surface area contributed by atoms with Gasteiger partial charge in [-0.25, -0.2) is 0 Å². The van der Waals surface area contributed by atoms with E-state index in [0.717, 1.165) is 12.0 Å². The molecular formula is C28H37N3O5. The van der Waals surface area contributed by atoms with E-state index >= 15 is 0 Å². The maximum atomic E-state index is 14.1. The molecule has 3 amide bonds. The van der Waals surface area contributed by atoms with Crippen molar-refractivity contribution in [2.24, 2.45) is 11.8 Å². The van der Waals surface area contributed by atoms with Crippen molar-refractivity contribution in [1.82, 2.24) is 14.7 Å². The molecule has 5 atom stereocenters. The second-order valence-electron chi connectivity index (χ2n) is 9.88. The van der Waals surface area contributed by atoms with Crippen molar-refractivity contribution < 1.29 is 24.2 Å². The van der Waals surface area contributed by atoms with Crippen LogP contribution in [0.1, 0.15) is 31.7 Å². The molecule has 2 unspecified atom stereocenters. The number of nitrogens with zero attached hydrogens (tertiary/aromatic N) is 3. The minimum absolute atomic E-state index is 0.0149. The first kappa shape index (κ1) is 26.1. The Hall–Kier alpha value is -2.97. The van der Waals surface area contributed by atoms with Crippen molar-refractivity contribution in [3.8, 4) is 0 Å². The summed E-state index contributed by atoms with van der Waals surface area (Å²) in [6, 6.07) is 8.75. The van der Waals surface area contributed by atoms with Gasteiger partial charge in [0.05, 0.1) is 24.5 Å². The van der Waals surface area contributed by atoms with Crippen LogP contribution in [0.3, 0.4) is 0 Å². The summed E-state index contributed by atoms with van der Waals surface area (Å²) in [4.78, 5) is 46.5. The Kier molecular flexibility index (Phi) is 7.95. The van der Waals surface area contributed by atoms with Crippen LogP contribution in [0.15, 0.2) is 55.6 Å². The monoisotopic (exact) mass is 495 g/mol. The van der Waals surface area contributed by atoms with Crippen LogP contribution in [0.2, 0.25) is 0 Å². The molecule has 0 radical (unpaired) electrons. The van der Waals surface area contributed by atoms with Crippen molar-refractivity contribution in [3.05, 3.63) is 61.2 Å². The third-order valence-corrected chi connectivity index (χ3v) is 7.69. The molecular weight excluding hydrogens is 458 g/mol. The Labute approximate surface area is 213 Å². The van der Waals surface area contributed by atoms with Crippen molar-refractivity contribution >= 4 is 17.7 Å². The molecule has 36 heavy (non-hydrogen) atoms. The van der Waals surface area contributed by atoms with E-state index in [2.05, 4.69) is 13.2 Å². The Morgan fingerprint density at radius 2 is 1.86 bits per heavy atom. The number of hydrogen-bond donors (Lipinski definition) is 1. The Morgan fingerprint density at radius 1 is 1.17 bits per heavy atom. The number of amides is 3. The zero-order chi connectivity index (χ0) is 25.9. The van der Waals surface area contributed by atoms with E-state index in [1.54, 1.807) is 22.0 Å². The summed E-state index contributed by atoms with van der Waals surface area (Å²) in [5.74, 6) is -2.02. The van der Waals surface area contributed by atoms with Gasteiger partial charge >= 0.3 is 0 Å². The summed E-state index contributed by atoms with van der Waals surface area (Å²) in [6.07, 6.45) is 4.89. The Balaban J connectivity index is 1.69. The number of carbonyl (C=O) groups is 3. The van der Waals surface area contributed by atoms with Gasteiger partial charge in [-0.2, -0.15) is 0 Å². The minimum atomic E-state index is -1.07. The summed E-state index contributed by atoms with van der Waals surface area (Å²) >= 11 is 0. The van der Waals surface area contributed by atoms with E-state index in [-0.39, 0.29) is 30.9 Å². The van der Waals surface area contributed by atoms with Crippen LogP contribution in [0, 0.1) is 11.8 Å². The van der Waals surface area contributed by atoms with Gasteiger partial charge in [0.25, 0.3) is 0 Å². The van der Waals surface area contributed by atoms with Gasteiger partial charge in [0.1, 0.15) is 11.6 Å². The highest BCUT2D eigenvalue weighted by atomic mass is 16.5. The van der Waals surface area contributed by atoms with E-state index in [0.29, 0.717) is 39.0 Å². The van der Waals surface area contributed by atoms with Crippen molar-refractivity contribution in [2.75, 3.05) is 32.8 Å². The number of hydrogen-bond acceptors (Lipinski definition) is 5. The van der Waals surface area contributed by atoms with Crippen LogP contribution in [-0.4, -0.2) is 88.1 Å². The lowest BCUT2D eigenvalue weighted by Crippen LogP contribution is -2.56. The zero-order valence-corrected chi connectivity index (χ0v) is 21.1. The molecule has 1 spiro atoms. The van der Waals surface area contributed by atoms with E-state index in [1.165, 1.54) is 4.90 Å².